The number of carbonyl (C=O) groups is 2. The Balaban J connectivity index is 5.01. The topological polar surface area (TPSA) is 135 Å². The molecule has 1 atom stereocenters. The maximum atomic E-state index is 10.1. The molecule has 7 nitrogen and oxygen atoms in total. The zero-order chi connectivity index (χ0) is 10.2. The molecule has 1 unspecified atom stereocenters. The van der Waals surface area contributed by atoms with Crippen LogP contribution in [-0.2, 0) is 9.59 Å². The summed E-state index contributed by atoms with van der Waals surface area (Å²) >= 11 is 0. The maximum Gasteiger partial charge on any atom is 0.367 e. The monoisotopic (exact) mass is 180 g/mol. The molecule has 0 saturated carbocycles. The van der Waals surface area contributed by atoms with E-state index in [1.807, 2.05) is 0 Å². The molecule has 0 amide bonds. The Morgan fingerprint density at radius 2 is 1.33 bits per heavy atom. The van der Waals surface area contributed by atoms with Crippen molar-refractivity contribution in [1.29, 1.82) is 0 Å². The van der Waals surface area contributed by atoms with Crippen LogP contribution < -0.4 is 0 Å². The molecule has 0 fully saturated rings. The van der Waals surface area contributed by atoms with Crippen molar-refractivity contribution in [3.63, 3.8) is 0 Å². The minimum atomic E-state index is -3.71. The van der Waals surface area contributed by atoms with Crippen LogP contribution in [0.1, 0.15) is 6.92 Å². The van der Waals surface area contributed by atoms with Crippen molar-refractivity contribution in [2.45, 2.75) is 18.3 Å². The second-order valence-electron chi connectivity index (χ2n) is 2.35. The van der Waals surface area contributed by atoms with E-state index in [9.17, 15) is 9.59 Å². The van der Waals surface area contributed by atoms with Crippen molar-refractivity contribution in [1.82, 2.24) is 0 Å². The summed E-state index contributed by atoms with van der Waals surface area (Å²) in [5, 5.41) is 42.3. The van der Waals surface area contributed by atoms with E-state index in [1.165, 1.54) is 0 Å². The molecular formula is C5H8O7. The smallest absolute Gasteiger partial charge is 0.367 e. The van der Waals surface area contributed by atoms with Crippen LogP contribution in [0.3, 0.4) is 0 Å². The highest BCUT2D eigenvalue weighted by atomic mass is 16.6. The van der Waals surface area contributed by atoms with E-state index in [-0.39, 0.29) is 0 Å². The second kappa shape index (κ2) is 2.70. The van der Waals surface area contributed by atoms with E-state index in [0.717, 1.165) is 0 Å². The Morgan fingerprint density at radius 1 is 1.00 bits per heavy atom. The van der Waals surface area contributed by atoms with Crippen molar-refractivity contribution in [3.05, 3.63) is 0 Å². The molecule has 0 heterocycles. The summed E-state index contributed by atoms with van der Waals surface area (Å²) < 4.78 is 0. The first-order chi connectivity index (χ1) is 5.14. The summed E-state index contributed by atoms with van der Waals surface area (Å²) in [7, 11) is 0. The van der Waals surface area contributed by atoms with Crippen LogP contribution in [0, 0.1) is 0 Å². The van der Waals surface area contributed by atoms with Crippen LogP contribution in [0.15, 0.2) is 0 Å². The van der Waals surface area contributed by atoms with Gasteiger partial charge < -0.3 is 25.5 Å². The van der Waals surface area contributed by atoms with Gasteiger partial charge in [0.25, 0.3) is 0 Å². The molecule has 0 radical (unpaired) electrons. The first-order valence-corrected chi connectivity index (χ1v) is 2.78. The highest BCUT2D eigenvalue weighted by molar-refractivity contribution is 5.88. The lowest BCUT2D eigenvalue weighted by Gasteiger charge is -2.28. The average molecular weight is 180 g/mol. The van der Waals surface area contributed by atoms with Gasteiger partial charge in [0.15, 0.2) is 0 Å². The standard InChI is InChI=1S/C5H8O7/c1-4(10,2(6)7)5(11,12)3(8)9/h10-12H,1H3,(H,6,7)(H,8,9). The van der Waals surface area contributed by atoms with Gasteiger partial charge in [-0.1, -0.05) is 0 Å². The zero-order valence-corrected chi connectivity index (χ0v) is 6.05. The molecule has 0 aromatic rings. The summed E-state index contributed by atoms with van der Waals surface area (Å²) in [6, 6.07) is 0. The number of hydrogen-bond donors (Lipinski definition) is 5. The van der Waals surface area contributed by atoms with Gasteiger partial charge in [0.2, 0.25) is 5.60 Å². The number of aliphatic hydroxyl groups is 3. The Labute approximate surface area is 66.5 Å². The Hall–Kier alpha value is -1.18. The number of carboxylic acids is 2. The van der Waals surface area contributed by atoms with Gasteiger partial charge in [0, 0.05) is 0 Å². The molecule has 0 rings (SSSR count). The van der Waals surface area contributed by atoms with E-state index in [2.05, 4.69) is 0 Å². The SMILES string of the molecule is CC(O)(C(=O)O)C(O)(O)C(=O)O. The molecule has 0 aromatic heterocycles. The summed E-state index contributed by atoms with van der Waals surface area (Å²) in [5.74, 6) is -8.00. The molecule has 0 spiro atoms. The van der Waals surface area contributed by atoms with Crippen molar-refractivity contribution in [2.75, 3.05) is 0 Å². The zero-order valence-electron chi connectivity index (χ0n) is 6.05. The van der Waals surface area contributed by atoms with Crippen LogP contribution in [0.25, 0.3) is 0 Å². The van der Waals surface area contributed by atoms with E-state index < -0.39 is 23.3 Å². The van der Waals surface area contributed by atoms with E-state index in [0.29, 0.717) is 6.92 Å². The quantitative estimate of drug-likeness (QED) is 0.305. The molecule has 7 heteroatoms. The lowest BCUT2D eigenvalue weighted by molar-refractivity contribution is -0.266. The summed E-state index contributed by atoms with van der Waals surface area (Å²) in [6.45, 7) is 0.462. The molecule has 0 saturated heterocycles. The van der Waals surface area contributed by atoms with Crippen molar-refractivity contribution in [3.8, 4) is 0 Å². The van der Waals surface area contributed by atoms with Gasteiger partial charge in [-0.25, -0.2) is 9.59 Å². The maximum absolute atomic E-state index is 10.1. The Kier molecular flexibility index (Phi) is 2.43. The van der Waals surface area contributed by atoms with Crippen molar-refractivity contribution < 1.29 is 35.1 Å². The third kappa shape index (κ3) is 1.37. The van der Waals surface area contributed by atoms with Crippen LogP contribution in [0.4, 0.5) is 0 Å². The number of rotatable bonds is 3. The van der Waals surface area contributed by atoms with E-state index in [1.54, 1.807) is 0 Å². The molecule has 0 bridgehead atoms. The lowest BCUT2D eigenvalue weighted by Crippen LogP contribution is -2.62. The van der Waals surface area contributed by atoms with Gasteiger partial charge in [-0.15, -0.1) is 0 Å². The third-order valence-electron chi connectivity index (χ3n) is 1.39. The van der Waals surface area contributed by atoms with Crippen LogP contribution >= 0.6 is 0 Å². The summed E-state index contributed by atoms with van der Waals surface area (Å²) in [5.41, 5.74) is -3.15. The minimum Gasteiger partial charge on any atom is -0.479 e. The van der Waals surface area contributed by atoms with Gasteiger partial charge in [0.1, 0.15) is 0 Å². The van der Waals surface area contributed by atoms with E-state index in [4.69, 9.17) is 25.5 Å². The predicted octanol–water partition coefficient (Wildman–Crippen LogP) is -2.41. The van der Waals surface area contributed by atoms with Gasteiger partial charge >= 0.3 is 17.7 Å². The van der Waals surface area contributed by atoms with Gasteiger partial charge in [0.05, 0.1) is 0 Å². The predicted molar refractivity (Wildman–Crippen MR) is 33.1 cm³/mol. The highest BCUT2D eigenvalue weighted by Crippen LogP contribution is 2.19. The number of hydrogen-bond acceptors (Lipinski definition) is 5. The van der Waals surface area contributed by atoms with Gasteiger partial charge in [-0.3, -0.25) is 0 Å². The number of aliphatic carboxylic acids is 2. The van der Waals surface area contributed by atoms with E-state index >= 15 is 0 Å². The molecule has 12 heavy (non-hydrogen) atoms. The van der Waals surface area contributed by atoms with Crippen molar-refractivity contribution in [2.24, 2.45) is 0 Å². The van der Waals surface area contributed by atoms with Gasteiger partial charge in [-0.05, 0) is 6.92 Å². The van der Waals surface area contributed by atoms with Crippen LogP contribution in [-0.4, -0.2) is 48.9 Å². The fraction of sp³-hybridized carbons (Fsp3) is 0.600. The lowest BCUT2D eigenvalue weighted by atomic mass is 9.96. The normalized spacial score (nSPS) is 16.7. The molecule has 0 aliphatic carbocycles. The Morgan fingerprint density at radius 3 is 1.42 bits per heavy atom. The average Bonchev–Trinajstić information content (AvgIpc) is 1.86. The highest BCUT2D eigenvalue weighted by Gasteiger charge is 2.57. The first-order valence-electron chi connectivity index (χ1n) is 2.78. The minimum absolute atomic E-state index is 0.462. The molecule has 0 aromatic carbocycles. The summed E-state index contributed by atoms with van der Waals surface area (Å²) in [4.78, 5) is 20.2. The fourth-order valence-electron chi connectivity index (χ4n) is 0.357. The summed E-state index contributed by atoms with van der Waals surface area (Å²) in [6.07, 6.45) is 0. The molecule has 0 aliphatic rings. The van der Waals surface area contributed by atoms with Crippen molar-refractivity contribution >= 4 is 11.9 Å². The third-order valence-corrected chi connectivity index (χ3v) is 1.39. The fourth-order valence-corrected chi connectivity index (χ4v) is 0.357. The van der Waals surface area contributed by atoms with Crippen LogP contribution in [0.5, 0.6) is 0 Å². The van der Waals surface area contributed by atoms with Crippen LogP contribution in [0.2, 0.25) is 0 Å². The molecule has 70 valence electrons. The first kappa shape index (κ1) is 10.8. The van der Waals surface area contributed by atoms with Gasteiger partial charge in [-0.2, -0.15) is 0 Å². The molecular weight excluding hydrogens is 172 g/mol. The second-order valence-corrected chi connectivity index (χ2v) is 2.35. The molecule has 0 aliphatic heterocycles. The number of carboxylic acid groups (broad SMARTS) is 2. The molecule has 5 N–H and O–H groups in total. The largest absolute Gasteiger partial charge is 0.479 e. The Bertz CT molecular complexity index is 192.